The molecular weight excluding hydrogens is 851 g/mol. The maximum absolute atomic E-state index is 7.22. The molecule has 0 radical (unpaired) electrons. The van der Waals surface area contributed by atoms with Gasteiger partial charge in [0.2, 0.25) is 0 Å². The highest BCUT2D eigenvalue weighted by Crippen LogP contribution is 2.58. The average molecular weight is 894 g/mol. The number of rotatable bonds is 8. The number of nitrogens with zero attached hydrogens (tertiary/aromatic N) is 1. The van der Waals surface area contributed by atoms with Crippen molar-refractivity contribution in [1.29, 1.82) is 0 Å². The van der Waals surface area contributed by atoms with Gasteiger partial charge in [-0.15, -0.1) is 0 Å². The van der Waals surface area contributed by atoms with E-state index in [0.29, 0.717) is 0 Å². The van der Waals surface area contributed by atoms with E-state index in [2.05, 4.69) is 260 Å². The van der Waals surface area contributed by atoms with Crippen LogP contribution in [0.25, 0.3) is 88.4 Å². The first kappa shape index (κ1) is 39.9. The number of benzene rings is 11. The van der Waals surface area contributed by atoms with E-state index < -0.39 is 5.41 Å². The van der Waals surface area contributed by atoms with E-state index in [1.807, 2.05) is 6.07 Å². The molecule has 0 atom stereocenters. The molecule has 328 valence electrons. The monoisotopic (exact) mass is 893 g/mol. The predicted octanol–water partition coefficient (Wildman–Crippen LogP) is 18.3. The van der Waals surface area contributed by atoms with Crippen molar-refractivity contribution >= 4 is 60.9 Å². The summed E-state index contributed by atoms with van der Waals surface area (Å²) in [6, 6.07) is 94.1. The Labute approximate surface area is 405 Å². The first-order chi connectivity index (χ1) is 34.7. The van der Waals surface area contributed by atoms with Crippen molar-refractivity contribution in [3.63, 3.8) is 0 Å². The highest BCUT2D eigenvalue weighted by atomic mass is 16.3. The van der Waals surface area contributed by atoms with E-state index in [0.717, 1.165) is 83.2 Å². The van der Waals surface area contributed by atoms with E-state index in [-0.39, 0.29) is 0 Å². The van der Waals surface area contributed by atoms with Crippen molar-refractivity contribution in [2.45, 2.75) is 5.41 Å². The van der Waals surface area contributed by atoms with Gasteiger partial charge in [0, 0.05) is 33.1 Å². The van der Waals surface area contributed by atoms with Crippen LogP contribution in [-0.4, -0.2) is 0 Å². The third kappa shape index (κ3) is 6.08. The van der Waals surface area contributed by atoms with Crippen LogP contribution in [0.1, 0.15) is 22.3 Å². The molecule has 1 aliphatic carbocycles. The van der Waals surface area contributed by atoms with Crippen LogP contribution in [0, 0.1) is 0 Å². The molecule has 70 heavy (non-hydrogen) atoms. The van der Waals surface area contributed by atoms with Gasteiger partial charge in [-0.2, -0.15) is 0 Å². The van der Waals surface area contributed by atoms with Crippen LogP contribution >= 0.6 is 0 Å². The van der Waals surface area contributed by atoms with Crippen molar-refractivity contribution in [2.75, 3.05) is 4.90 Å². The SMILES string of the molecule is c1ccc(-c2ccc(-c3c4oc5cccc(N(c6ccc(-c7ccccc7)cc6)c6ccc7c(c6)C(c6ccccc6)(c6ccccc6)c6ccccc6-7)c5c4cc4oc5ccccc5c34)cc2)cc1. The van der Waals surface area contributed by atoms with Crippen LogP contribution in [0.2, 0.25) is 0 Å². The number of fused-ring (bicyclic) bond motifs is 9. The molecule has 0 saturated carbocycles. The summed E-state index contributed by atoms with van der Waals surface area (Å²) < 4.78 is 14.0. The normalized spacial score (nSPS) is 12.7. The lowest BCUT2D eigenvalue weighted by atomic mass is 9.67. The van der Waals surface area contributed by atoms with Gasteiger partial charge in [0.25, 0.3) is 0 Å². The van der Waals surface area contributed by atoms with Crippen molar-refractivity contribution < 1.29 is 8.83 Å². The smallest absolute Gasteiger partial charge is 0.144 e. The van der Waals surface area contributed by atoms with Crippen LogP contribution in [0.3, 0.4) is 0 Å². The van der Waals surface area contributed by atoms with Crippen molar-refractivity contribution in [1.82, 2.24) is 0 Å². The zero-order valence-electron chi connectivity index (χ0n) is 38.1. The fraction of sp³-hybridized carbons (Fsp3) is 0.0149. The quantitative estimate of drug-likeness (QED) is 0.152. The number of anilines is 3. The molecule has 0 unspecified atom stereocenters. The fourth-order valence-electron chi connectivity index (χ4n) is 11.5. The molecule has 3 nitrogen and oxygen atoms in total. The maximum Gasteiger partial charge on any atom is 0.144 e. The summed E-state index contributed by atoms with van der Waals surface area (Å²) in [5, 5.41) is 4.10. The van der Waals surface area contributed by atoms with Gasteiger partial charge in [0.1, 0.15) is 22.3 Å². The number of furan rings is 2. The second-order valence-corrected chi connectivity index (χ2v) is 18.3. The van der Waals surface area contributed by atoms with Crippen molar-refractivity contribution in [3.8, 4) is 44.5 Å². The molecule has 0 N–H and O–H groups in total. The van der Waals surface area contributed by atoms with E-state index in [1.54, 1.807) is 0 Å². The van der Waals surface area contributed by atoms with Crippen LogP contribution in [-0.2, 0) is 5.41 Å². The standard InChI is InChI=1S/C67H43NO2/c1-5-18-44(19-6-1)46-32-34-48(35-33-46)63-65-55-27-14-16-30-60(55)69-62(65)43-56-64-59(29-17-31-61(64)70-66(56)63)68(51-38-36-47(37-39-51)45-20-7-2-8-21-45)52-40-41-54-53-26-13-15-28-57(53)67(58(54)42-52,49-22-9-3-10-23-49)50-24-11-4-12-25-50/h1-43H. The van der Waals surface area contributed by atoms with E-state index in [4.69, 9.17) is 8.83 Å². The largest absolute Gasteiger partial charge is 0.456 e. The minimum Gasteiger partial charge on any atom is -0.456 e. The molecule has 0 spiro atoms. The molecular formula is C67H43NO2. The van der Waals surface area contributed by atoms with Gasteiger partial charge >= 0.3 is 0 Å². The first-order valence-corrected chi connectivity index (χ1v) is 24.0. The molecule has 2 heterocycles. The zero-order valence-corrected chi connectivity index (χ0v) is 38.1. The Bertz CT molecular complexity index is 4040. The molecule has 0 saturated heterocycles. The molecule has 0 bridgehead atoms. The lowest BCUT2D eigenvalue weighted by Crippen LogP contribution is -2.28. The van der Waals surface area contributed by atoms with E-state index >= 15 is 0 Å². The average Bonchev–Trinajstić information content (AvgIpc) is 4.10. The highest BCUT2D eigenvalue weighted by molar-refractivity contribution is 6.25. The molecule has 11 aromatic carbocycles. The molecule has 13 aromatic rings. The topological polar surface area (TPSA) is 29.5 Å². The molecule has 14 rings (SSSR count). The second kappa shape index (κ2) is 16.0. The highest BCUT2D eigenvalue weighted by Gasteiger charge is 2.46. The van der Waals surface area contributed by atoms with Crippen LogP contribution in [0.5, 0.6) is 0 Å². The molecule has 0 fully saturated rings. The van der Waals surface area contributed by atoms with E-state index in [1.165, 1.54) is 44.5 Å². The summed E-state index contributed by atoms with van der Waals surface area (Å²) in [6.07, 6.45) is 0. The Morgan fingerprint density at radius 1 is 0.314 bits per heavy atom. The minimum absolute atomic E-state index is 0.570. The number of hydrogen-bond donors (Lipinski definition) is 0. The molecule has 3 heteroatoms. The van der Waals surface area contributed by atoms with Gasteiger partial charge in [-0.3, -0.25) is 0 Å². The summed E-state index contributed by atoms with van der Waals surface area (Å²) in [4.78, 5) is 2.42. The molecule has 0 aliphatic heterocycles. The van der Waals surface area contributed by atoms with Gasteiger partial charge < -0.3 is 13.7 Å². The Morgan fingerprint density at radius 3 is 1.53 bits per heavy atom. The van der Waals surface area contributed by atoms with Gasteiger partial charge in [-0.1, -0.05) is 212 Å². The zero-order chi connectivity index (χ0) is 46.2. The van der Waals surface area contributed by atoms with Gasteiger partial charge in [-0.05, 0) is 110 Å². The van der Waals surface area contributed by atoms with Gasteiger partial charge in [0.15, 0.2) is 0 Å². The Hall–Kier alpha value is -9.18. The number of para-hydroxylation sites is 1. The number of hydrogen-bond acceptors (Lipinski definition) is 3. The van der Waals surface area contributed by atoms with Crippen molar-refractivity contribution in [3.05, 3.63) is 283 Å². The van der Waals surface area contributed by atoms with Gasteiger partial charge in [0.05, 0.1) is 16.5 Å². The molecule has 1 aliphatic rings. The second-order valence-electron chi connectivity index (χ2n) is 18.3. The summed E-state index contributed by atoms with van der Waals surface area (Å²) >= 11 is 0. The first-order valence-electron chi connectivity index (χ1n) is 24.0. The minimum atomic E-state index is -0.570. The maximum atomic E-state index is 7.22. The fourth-order valence-corrected chi connectivity index (χ4v) is 11.5. The third-order valence-electron chi connectivity index (χ3n) is 14.6. The van der Waals surface area contributed by atoms with Crippen LogP contribution in [0.15, 0.2) is 270 Å². The Kier molecular flexibility index (Phi) is 9.11. The molecule has 0 amide bonds. The summed E-state index contributed by atoms with van der Waals surface area (Å²) in [7, 11) is 0. The predicted molar refractivity (Wildman–Crippen MR) is 289 cm³/mol. The molecule has 2 aromatic heterocycles. The van der Waals surface area contributed by atoms with Crippen molar-refractivity contribution in [2.24, 2.45) is 0 Å². The summed E-state index contributed by atoms with van der Waals surface area (Å²) in [5.74, 6) is 0. The lowest BCUT2D eigenvalue weighted by molar-refractivity contribution is 0.664. The Morgan fingerprint density at radius 2 is 0.843 bits per heavy atom. The van der Waals surface area contributed by atoms with Crippen LogP contribution in [0.4, 0.5) is 17.1 Å². The van der Waals surface area contributed by atoms with Gasteiger partial charge in [-0.25, -0.2) is 0 Å². The summed E-state index contributed by atoms with van der Waals surface area (Å²) in [6.45, 7) is 0. The Balaban J connectivity index is 1.04. The van der Waals surface area contributed by atoms with Crippen LogP contribution < -0.4 is 4.90 Å². The lowest BCUT2D eigenvalue weighted by Gasteiger charge is -2.35. The summed E-state index contributed by atoms with van der Waals surface area (Å²) in [5.41, 5.74) is 20.0. The third-order valence-corrected chi connectivity index (χ3v) is 14.6. The van der Waals surface area contributed by atoms with E-state index in [9.17, 15) is 0 Å².